The molecule has 2 aromatic carbocycles. The summed E-state index contributed by atoms with van der Waals surface area (Å²) in [5.74, 6) is -1.21. The summed E-state index contributed by atoms with van der Waals surface area (Å²) in [5, 5.41) is 12.6. The molecular weight excluding hydrogens is 340 g/mol. The molecule has 1 atom stereocenters. The van der Waals surface area contributed by atoms with Gasteiger partial charge in [-0.25, -0.2) is 17.9 Å². The van der Waals surface area contributed by atoms with E-state index in [2.05, 4.69) is 16.6 Å². The van der Waals surface area contributed by atoms with Crippen LogP contribution in [0, 0.1) is 0 Å². The summed E-state index contributed by atoms with van der Waals surface area (Å²) in [5.41, 5.74) is 1.24. The predicted molar refractivity (Wildman–Crippen MR) is 97.3 cm³/mol. The molecule has 0 heterocycles. The van der Waals surface area contributed by atoms with E-state index in [4.69, 9.17) is 0 Å². The smallest absolute Gasteiger partial charge is 0.337 e. The summed E-state index contributed by atoms with van der Waals surface area (Å²) in [6.07, 6.45) is 1.41. The zero-order chi connectivity index (χ0) is 18.4. The minimum Gasteiger partial charge on any atom is -0.478 e. The second-order valence-electron chi connectivity index (χ2n) is 5.43. The summed E-state index contributed by atoms with van der Waals surface area (Å²) < 4.78 is 26.6. The maximum atomic E-state index is 12.1. The lowest BCUT2D eigenvalue weighted by atomic mass is 10.1. The largest absolute Gasteiger partial charge is 0.478 e. The van der Waals surface area contributed by atoms with Crippen LogP contribution in [0.15, 0.2) is 66.1 Å². The van der Waals surface area contributed by atoms with Gasteiger partial charge in [0.05, 0.1) is 10.5 Å². The van der Waals surface area contributed by atoms with E-state index in [1.165, 1.54) is 18.2 Å². The molecule has 0 aliphatic rings. The molecule has 0 bridgehead atoms. The minimum absolute atomic E-state index is 0.0653. The molecule has 0 aromatic heterocycles. The van der Waals surface area contributed by atoms with Gasteiger partial charge in [-0.3, -0.25) is 0 Å². The van der Waals surface area contributed by atoms with Crippen molar-refractivity contribution in [2.24, 2.45) is 0 Å². The number of benzene rings is 2. The third kappa shape index (κ3) is 4.68. The van der Waals surface area contributed by atoms with Gasteiger partial charge in [-0.1, -0.05) is 36.4 Å². The number of anilines is 1. The highest BCUT2D eigenvalue weighted by molar-refractivity contribution is 7.89. The van der Waals surface area contributed by atoms with Gasteiger partial charge in [0.25, 0.3) is 0 Å². The van der Waals surface area contributed by atoms with Crippen molar-refractivity contribution in [1.29, 1.82) is 0 Å². The first-order valence-electron chi connectivity index (χ1n) is 7.64. The fourth-order valence-corrected chi connectivity index (χ4v) is 3.33. The average Bonchev–Trinajstić information content (AvgIpc) is 2.60. The van der Waals surface area contributed by atoms with Crippen LogP contribution in [-0.4, -0.2) is 26.0 Å². The molecule has 25 heavy (non-hydrogen) atoms. The van der Waals surface area contributed by atoms with Crippen molar-refractivity contribution in [3.63, 3.8) is 0 Å². The van der Waals surface area contributed by atoms with E-state index in [-0.39, 0.29) is 23.0 Å². The molecule has 3 N–H and O–H groups in total. The molecule has 0 spiro atoms. The Morgan fingerprint density at radius 2 is 1.92 bits per heavy atom. The Morgan fingerprint density at radius 3 is 2.52 bits per heavy atom. The fourth-order valence-electron chi connectivity index (χ4n) is 2.30. The summed E-state index contributed by atoms with van der Waals surface area (Å²) in [7, 11) is -3.79. The maximum absolute atomic E-state index is 12.1. The molecule has 2 aromatic rings. The molecule has 0 saturated heterocycles. The Labute approximate surface area is 147 Å². The zero-order valence-corrected chi connectivity index (χ0v) is 14.6. The summed E-state index contributed by atoms with van der Waals surface area (Å²) in [4.78, 5) is 11.5. The second-order valence-corrected chi connectivity index (χ2v) is 7.20. The zero-order valence-electron chi connectivity index (χ0n) is 13.8. The Hall–Kier alpha value is -2.64. The molecule has 1 unspecified atom stereocenters. The Balaban J connectivity index is 2.34. The van der Waals surface area contributed by atoms with Gasteiger partial charge in [0, 0.05) is 18.3 Å². The van der Waals surface area contributed by atoms with Crippen LogP contribution in [0.25, 0.3) is 0 Å². The lowest BCUT2D eigenvalue weighted by Gasteiger charge is -2.18. The Morgan fingerprint density at radius 1 is 1.24 bits per heavy atom. The molecule has 2 rings (SSSR count). The number of carbonyl (C=O) groups is 1. The predicted octanol–water partition coefficient (Wildman–Crippen LogP) is 3.02. The minimum atomic E-state index is -3.79. The SMILES string of the molecule is C=CCNS(=O)(=O)c1ccc(NC(C)c2ccccc2)c(C(=O)O)c1. The van der Waals surface area contributed by atoms with E-state index in [1.807, 2.05) is 37.3 Å². The van der Waals surface area contributed by atoms with Crippen LogP contribution in [0.2, 0.25) is 0 Å². The van der Waals surface area contributed by atoms with E-state index in [0.29, 0.717) is 5.69 Å². The number of rotatable bonds is 8. The second kappa shape index (κ2) is 7.96. The van der Waals surface area contributed by atoms with Crippen LogP contribution in [0.1, 0.15) is 28.9 Å². The van der Waals surface area contributed by atoms with Crippen LogP contribution in [0.4, 0.5) is 5.69 Å². The van der Waals surface area contributed by atoms with Gasteiger partial charge < -0.3 is 10.4 Å². The van der Waals surface area contributed by atoms with Crippen LogP contribution in [0.5, 0.6) is 0 Å². The summed E-state index contributed by atoms with van der Waals surface area (Å²) in [6, 6.07) is 13.4. The number of nitrogens with one attached hydrogen (secondary N) is 2. The van der Waals surface area contributed by atoms with Crippen LogP contribution in [0.3, 0.4) is 0 Å². The number of sulfonamides is 1. The van der Waals surface area contributed by atoms with Crippen molar-refractivity contribution in [3.8, 4) is 0 Å². The van der Waals surface area contributed by atoms with Crippen molar-refractivity contribution in [1.82, 2.24) is 4.72 Å². The lowest BCUT2D eigenvalue weighted by Crippen LogP contribution is -2.24. The van der Waals surface area contributed by atoms with Gasteiger partial charge in [-0.15, -0.1) is 6.58 Å². The third-order valence-electron chi connectivity index (χ3n) is 3.62. The number of hydrogen-bond donors (Lipinski definition) is 3. The number of carboxylic acid groups (broad SMARTS) is 1. The molecule has 0 saturated carbocycles. The van der Waals surface area contributed by atoms with E-state index >= 15 is 0 Å². The topological polar surface area (TPSA) is 95.5 Å². The van der Waals surface area contributed by atoms with Crippen molar-refractivity contribution in [3.05, 3.63) is 72.3 Å². The van der Waals surface area contributed by atoms with Gasteiger partial charge in [0.2, 0.25) is 10.0 Å². The monoisotopic (exact) mass is 360 g/mol. The maximum Gasteiger partial charge on any atom is 0.337 e. The van der Waals surface area contributed by atoms with Crippen LogP contribution < -0.4 is 10.0 Å². The summed E-state index contributed by atoms with van der Waals surface area (Å²) in [6.45, 7) is 5.41. The van der Waals surface area contributed by atoms with Gasteiger partial charge in [-0.05, 0) is 30.7 Å². The van der Waals surface area contributed by atoms with Crippen molar-refractivity contribution in [2.75, 3.05) is 11.9 Å². The quantitative estimate of drug-likeness (QED) is 0.629. The molecule has 0 fully saturated rings. The highest BCUT2D eigenvalue weighted by Crippen LogP contribution is 2.25. The average molecular weight is 360 g/mol. The molecule has 0 aliphatic heterocycles. The fraction of sp³-hybridized carbons (Fsp3) is 0.167. The van der Waals surface area contributed by atoms with Crippen molar-refractivity contribution in [2.45, 2.75) is 17.9 Å². The molecule has 7 heteroatoms. The van der Waals surface area contributed by atoms with Crippen LogP contribution >= 0.6 is 0 Å². The van der Waals surface area contributed by atoms with E-state index in [0.717, 1.165) is 11.6 Å². The van der Waals surface area contributed by atoms with Crippen molar-refractivity contribution < 1.29 is 18.3 Å². The first-order chi connectivity index (χ1) is 11.8. The number of aromatic carboxylic acids is 1. The molecule has 0 radical (unpaired) electrons. The molecule has 0 aliphatic carbocycles. The standard InChI is InChI=1S/C18H20N2O4S/c1-3-11-19-25(23,24)15-9-10-17(16(12-15)18(21)22)20-13(2)14-7-5-4-6-8-14/h3-10,12-13,19-20H,1,11H2,2H3,(H,21,22). The van der Waals surface area contributed by atoms with E-state index in [9.17, 15) is 18.3 Å². The van der Waals surface area contributed by atoms with Gasteiger partial charge in [0.1, 0.15) is 0 Å². The Kier molecular flexibility index (Phi) is 5.95. The van der Waals surface area contributed by atoms with Crippen LogP contribution in [-0.2, 0) is 10.0 Å². The lowest BCUT2D eigenvalue weighted by molar-refractivity contribution is 0.0697. The van der Waals surface area contributed by atoms with E-state index < -0.39 is 16.0 Å². The number of hydrogen-bond acceptors (Lipinski definition) is 4. The van der Waals surface area contributed by atoms with E-state index in [1.54, 1.807) is 0 Å². The summed E-state index contributed by atoms with van der Waals surface area (Å²) >= 11 is 0. The van der Waals surface area contributed by atoms with Gasteiger partial charge in [-0.2, -0.15) is 0 Å². The molecule has 6 nitrogen and oxygen atoms in total. The Bertz CT molecular complexity index is 864. The molecule has 0 amide bonds. The van der Waals surface area contributed by atoms with Gasteiger partial charge in [0.15, 0.2) is 0 Å². The highest BCUT2D eigenvalue weighted by atomic mass is 32.2. The normalized spacial score (nSPS) is 12.4. The van der Waals surface area contributed by atoms with Crippen molar-refractivity contribution >= 4 is 21.7 Å². The third-order valence-corrected chi connectivity index (χ3v) is 5.04. The molecule has 132 valence electrons. The first-order valence-corrected chi connectivity index (χ1v) is 9.13. The first kappa shape index (κ1) is 18.7. The number of carboxylic acids is 1. The highest BCUT2D eigenvalue weighted by Gasteiger charge is 2.19. The van der Waals surface area contributed by atoms with Gasteiger partial charge >= 0.3 is 5.97 Å². The molecular formula is C18H20N2O4S.